The lowest BCUT2D eigenvalue weighted by Gasteiger charge is -2.11. The van der Waals surface area contributed by atoms with Crippen molar-refractivity contribution in [2.75, 3.05) is 12.4 Å². The minimum atomic E-state index is 0.580. The van der Waals surface area contributed by atoms with Gasteiger partial charge in [0.2, 0.25) is 0 Å². The molecule has 1 heterocycles. The van der Waals surface area contributed by atoms with E-state index in [4.69, 9.17) is 10.00 Å². The van der Waals surface area contributed by atoms with Gasteiger partial charge in [0, 0.05) is 11.9 Å². The zero-order valence-electron chi connectivity index (χ0n) is 9.53. The van der Waals surface area contributed by atoms with Gasteiger partial charge in [-0.05, 0) is 24.3 Å². The number of aromatic nitrogens is 1. The van der Waals surface area contributed by atoms with Gasteiger partial charge >= 0.3 is 0 Å². The minimum Gasteiger partial charge on any atom is -0.495 e. The van der Waals surface area contributed by atoms with E-state index in [9.17, 15) is 0 Å². The molecule has 0 atom stereocenters. The molecule has 0 amide bonds. The van der Waals surface area contributed by atoms with Crippen molar-refractivity contribution in [2.24, 2.45) is 0 Å². The van der Waals surface area contributed by atoms with E-state index in [1.54, 1.807) is 19.2 Å². The SMILES string of the molecule is COc1cccc(C#N)c1NCc1ccc[nH]1. The normalized spacial score (nSPS) is 9.65. The summed E-state index contributed by atoms with van der Waals surface area (Å²) >= 11 is 0. The predicted molar refractivity (Wildman–Crippen MR) is 65.8 cm³/mol. The van der Waals surface area contributed by atoms with E-state index in [-0.39, 0.29) is 0 Å². The Kier molecular flexibility index (Phi) is 3.31. The Labute approximate surface area is 99.8 Å². The van der Waals surface area contributed by atoms with Crippen LogP contribution < -0.4 is 10.1 Å². The third-order valence-corrected chi connectivity index (χ3v) is 2.48. The highest BCUT2D eigenvalue weighted by molar-refractivity contribution is 5.66. The lowest BCUT2D eigenvalue weighted by Crippen LogP contribution is -2.03. The van der Waals surface area contributed by atoms with Gasteiger partial charge in [-0.15, -0.1) is 0 Å². The van der Waals surface area contributed by atoms with Crippen molar-refractivity contribution in [3.05, 3.63) is 47.8 Å². The minimum absolute atomic E-state index is 0.580. The Balaban J connectivity index is 2.22. The molecular formula is C13H13N3O. The van der Waals surface area contributed by atoms with Crippen molar-refractivity contribution >= 4 is 5.69 Å². The average molecular weight is 227 g/mol. The van der Waals surface area contributed by atoms with Crippen molar-refractivity contribution < 1.29 is 4.74 Å². The summed E-state index contributed by atoms with van der Waals surface area (Å²) in [7, 11) is 1.59. The van der Waals surface area contributed by atoms with Gasteiger partial charge in [0.1, 0.15) is 11.8 Å². The van der Waals surface area contributed by atoms with Crippen LogP contribution in [-0.4, -0.2) is 12.1 Å². The number of nitriles is 1. The number of hydrogen-bond acceptors (Lipinski definition) is 3. The number of benzene rings is 1. The van der Waals surface area contributed by atoms with Crippen LogP contribution in [0.5, 0.6) is 5.75 Å². The molecule has 0 bridgehead atoms. The van der Waals surface area contributed by atoms with E-state index < -0.39 is 0 Å². The number of anilines is 1. The molecule has 1 aromatic carbocycles. The Morgan fingerprint density at radius 2 is 2.24 bits per heavy atom. The first-order chi connectivity index (χ1) is 8.35. The number of rotatable bonds is 4. The third kappa shape index (κ3) is 2.40. The molecular weight excluding hydrogens is 214 g/mol. The fourth-order valence-electron chi connectivity index (χ4n) is 1.64. The zero-order chi connectivity index (χ0) is 12.1. The van der Waals surface area contributed by atoms with Crippen LogP contribution in [0.4, 0.5) is 5.69 Å². The molecule has 2 N–H and O–H groups in total. The Bertz CT molecular complexity index is 526. The molecule has 4 heteroatoms. The first-order valence-electron chi connectivity index (χ1n) is 5.28. The summed E-state index contributed by atoms with van der Waals surface area (Å²) in [5.41, 5.74) is 2.36. The van der Waals surface area contributed by atoms with E-state index >= 15 is 0 Å². The maximum Gasteiger partial charge on any atom is 0.143 e. The number of H-pyrrole nitrogens is 1. The molecule has 2 aromatic rings. The summed E-state index contributed by atoms with van der Waals surface area (Å²) in [6, 6.07) is 11.5. The second-order valence-corrected chi connectivity index (χ2v) is 3.54. The van der Waals surface area contributed by atoms with Crippen LogP contribution in [0.15, 0.2) is 36.5 Å². The van der Waals surface area contributed by atoms with Crippen LogP contribution in [0.2, 0.25) is 0 Å². The number of aromatic amines is 1. The second kappa shape index (κ2) is 5.08. The summed E-state index contributed by atoms with van der Waals surface area (Å²) in [6.07, 6.45) is 1.87. The number of nitrogens with one attached hydrogen (secondary N) is 2. The molecule has 0 unspecified atom stereocenters. The van der Waals surface area contributed by atoms with Crippen molar-refractivity contribution in [1.82, 2.24) is 4.98 Å². The van der Waals surface area contributed by atoms with Crippen molar-refractivity contribution in [3.63, 3.8) is 0 Å². The molecule has 0 aliphatic heterocycles. The molecule has 4 nitrogen and oxygen atoms in total. The van der Waals surface area contributed by atoms with Gasteiger partial charge in [-0.3, -0.25) is 0 Å². The van der Waals surface area contributed by atoms with Crippen molar-refractivity contribution in [3.8, 4) is 11.8 Å². The number of para-hydroxylation sites is 1. The topological polar surface area (TPSA) is 60.8 Å². The summed E-state index contributed by atoms with van der Waals surface area (Å²) in [5.74, 6) is 0.676. The fraction of sp³-hybridized carbons (Fsp3) is 0.154. The first kappa shape index (κ1) is 11.1. The average Bonchev–Trinajstić information content (AvgIpc) is 2.88. The van der Waals surface area contributed by atoms with E-state index in [1.165, 1.54) is 0 Å². The largest absolute Gasteiger partial charge is 0.495 e. The zero-order valence-corrected chi connectivity index (χ0v) is 9.53. The van der Waals surface area contributed by atoms with Crippen LogP contribution in [0, 0.1) is 11.3 Å². The number of methoxy groups -OCH3 is 1. The maximum absolute atomic E-state index is 9.04. The van der Waals surface area contributed by atoms with Crippen LogP contribution in [0.1, 0.15) is 11.3 Å². The highest BCUT2D eigenvalue weighted by Gasteiger charge is 2.08. The fourth-order valence-corrected chi connectivity index (χ4v) is 1.64. The summed E-state index contributed by atoms with van der Waals surface area (Å²) in [6.45, 7) is 0.627. The number of hydrogen-bond donors (Lipinski definition) is 2. The Hall–Kier alpha value is -2.41. The van der Waals surface area contributed by atoms with Gasteiger partial charge in [0.05, 0.1) is 24.9 Å². The Morgan fingerprint density at radius 1 is 1.35 bits per heavy atom. The molecule has 0 spiro atoms. The highest BCUT2D eigenvalue weighted by atomic mass is 16.5. The molecule has 0 saturated carbocycles. The molecule has 0 aliphatic carbocycles. The van der Waals surface area contributed by atoms with Crippen LogP contribution in [0.3, 0.4) is 0 Å². The molecule has 0 fully saturated rings. The quantitative estimate of drug-likeness (QED) is 0.843. The summed E-state index contributed by atoms with van der Waals surface area (Å²) in [5, 5.41) is 12.2. The number of nitrogens with zero attached hydrogens (tertiary/aromatic N) is 1. The summed E-state index contributed by atoms with van der Waals surface area (Å²) in [4.78, 5) is 3.10. The van der Waals surface area contributed by atoms with Gasteiger partial charge in [0.15, 0.2) is 0 Å². The highest BCUT2D eigenvalue weighted by Crippen LogP contribution is 2.28. The van der Waals surface area contributed by atoms with Crippen LogP contribution in [0.25, 0.3) is 0 Å². The molecule has 2 rings (SSSR count). The van der Waals surface area contributed by atoms with E-state index in [1.807, 2.05) is 24.4 Å². The van der Waals surface area contributed by atoms with Gasteiger partial charge in [0.25, 0.3) is 0 Å². The second-order valence-electron chi connectivity index (χ2n) is 3.54. The lowest BCUT2D eigenvalue weighted by molar-refractivity contribution is 0.416. The van der Waals surface area contributed by atoms with Gasteiger partial charge in [-0.1, -0.05) is 6.07 Å². The van der Waals surface area contributed by atoms with Gasteiger partial charge < -0.3 is 15.0 Å². The van der Waals surface area contributed by atoms with Gasteiger partial charge in [-0.25, -0.2) is 0 Å². The van der Waals surface area contributed by atoms with Gasteiger partial charge in [-0.2, -0.15) is 5.26 Å². The smallest absolute Gasteiger partial charge is 0.143 e. The van der Waals surface area contributed by atoms with Crippen LogP contribution >= 0.6 is 0 Å². The number of ether oxygens (including phenoxy) is 1. The molecule has 1 aromatic heterocycles. The monoisotopic (exact) mass is 227 g/mol. The molecule has 17 heavy (non-hydrogen) atoms. The van der Waals surface area contributed by atoms with E-state index in [0.29, 0.717) is 17.9 Å². The molecule has 0 saturated heterocycles. The molecule has 0 aliphatic rings. The van der Waals surface area contributed by atoms with E-state index in [0.717, 1.165) is 11.4 Å². The van der Waals surface area contributed by atoms with Crippen molar-refractivity contribution in [1.29, 1.82) is 5.26 Å². The third-order valence-electron chi connectivity index (χ3n) is 2.48. The van der Waals surface area contributed by atoms with Crippen LogP contribution in [-0.2, 0) is 6.54 Å². The predicted octanol–water partition coefficient (Wildman–Crippen LogP) is 2.51. The molecule has 86 valence electrons. The van der Waals surface area contributed by atoms with Crippen molar-refractivity contribution in [2.45, 2.75) is 6.54 Å². The lowest BCUT2D eigenvalue weighted by atomic mass is 10.1. The first-order valence-corrected chi connectivity index (χ1v) is 5.28. The standard InChI is InChI=1S/C13H13N3O/c1-17-12-6-2-4-10(8-14)13(12)16-9-11-5-3-7-15-11/h2-7,15-16H,9H2,1H3. The van der Waals surface area contributed by atoms with E-state index in [2.05, 4.69) is 16.4 Å². The Morgan fingerprint density at radius 3 is 2.88 bits per heavy atom. The molecule has 0 radical (unpaired) electrons. The summed E-state index contributed by atoms with van der Waals surface area (Å²) < 4.78 is 5.23. The maximum atomic E-state index is 9.04.